The lowest BCUT2D eigenvalue weighted by atomic mass is 9.83. The number of halogens is 3. The van der Waals surface area contributed by atoms with E-state index in [1.165, 1.54) is 4.90 Å². The normalized spacial score (nSPS) is 14.4. The van der Waals surface area contributed by atoms with E-state index in [2.05, 4.69) is 0 Å². The molecule has 3 rings (SSSR count). The largest absolute Gasteiger partial charge is 0.387 e. The molecule has 1 aromatic heterocycles. The first-order chi connectivity index (χ1) is 17.0. The smallest absolute Gasteiger partial charge is 0.249 e. The first kappa shape index (κ1) is 27.4. The van der Waals surface area contributed by atoms with E-state index in [0.29, 0.717) is 12.4 Å². The molecule has 0 radical (unpaired) electrons. The van der Waals surface area contributed by atoms with E-state index >= 15 is 0 Å². The second kappa shape index (κ2) is 11.3. The van der Waals surface area contributed by atoms with Gasteiger partial charge in [-0.25, -0.2) is 18.2 Å². The Morgan fingerprint density at radius 3 is 2.42 bits per heavy atom. The molecule has 1 heterocycles. The number of aromatic nitrogens is 2. The molecule has 6 nitrogen and oxygen atoms in total. The molecular weight excluding hydrogens is 469 g/mol. The van der Waals surface area contributed by atoms with Gasteiger partial charge in [-0.1, -0.05) is 51.1 Å². The summed E-state index contributed by atoms with van der Waals surface area (Å²) in [5, 5.41) is 9.78. The molecule has 194 valence electrons. The van der Waals surface area contributed by atoms with Gasteiger partial charge >= 0.3 is 0 Å². The Bertz CT molecular complexity index is 1180. The Balaban J connectivity index is 2.26. The zero-order valence-electron chi connectivity index (χ0n) is 21.0. The second-order valence-electron chi connectivity index (χ2n) is 10.0. The summed E-state index contributed by atoms with van der Waals surface area (Å²) in [6, 6.07) is 10.0. The molecule has 3 atom stereocenters. The number of carbonyl (C=O) groups is 1. The van der Waals surface area contributed by atoms with E-state index in [-0.39, 0.29) is 11.3 Å². The first-order valence-electron chi connectivity index (χ1n) is 11.8. The highest BCUT2D eigenvalue weighted by Crippen LogP contribution is 2.40. The van der Waals surface area contributed by atoms with E-state index in [1.54, 1.807) is 17.7 Å². The van der Waals surface area contributed by atoms with Gasteiger partial charge in [-0.3, -0.25) is 4.79 Å². The summed E-state index contributed by atoms with van der Waals surface area (Å²) in [4.78, 5) is 19.1. The Hall–Kier alpha value is -3.17. The van der Waals surface area contributed by atoms with Crippen molar-refractivity contribution in [2.24, 2.45) is 11.1 Å². The van der Waals surface area contributed by atoms with E-state index in [1.807, 2.05) is 51.1 Å². The van der Waals surface area contributed by atoms with E-state index in [9.17, 15) is 23.1 Å². The predicted octanol–water partition coefficient (Wildman–Crippen LogP) is 4.47. The average Bonchev–Trinajstić information content (AvgIpc) is 3.24. The van der Waals surface area contributed by atoms with Crippen LogP contribution in [0.5, 0.6) is 0 Å². The highest BCUT2D eigenvalue weighted by Gasteiger charge is 2.41. The third-order valence-corrected chi connectivity index (χ3v) is 6.21. The van der Waals surface area contributed by atoms with Crippen LogP contribution in [0, 0.1) is 17.0 Å². The van der Waals surface area contributed by atoms with Gasteiger partial charge in [-0.2, -0.15) is 0 Å². The summed E-state index contributed by atoms with van der Waals surface area (Å²) >= 11 is 0. The van der Waals surface area contributed by atoms with Crippen LogP contribution in [0.4, 0.5) is 13.2 Å². The van der Waals surface area contributed by atoms with Crippen molar-refractivity contribution >= 4 is 5.91 Å². The van der Waals surface area contributed by atoms with Gasteiger partial charge in [0.25, 0.3) is 0 Å². The molecule has 0 fully saturated rings. The fraction of sp³-hybridized carbons (Fsp3) is 0.407. The third-order valence-electron chi connectivity index (χ3n) is 6.21. The van der Waals surface area contributed by atoms with E-state index < -0.39 is 54.4 Å². The van der Waals surface area contributed by atoms with Gasteiger partial charge in [0.05, 0.1) is 17.8 Å². The lowest BCUT2D eigenvalue weighted by molar-refractivity contribution is -0.143. The minimum absolute atomic E-state index is 0.0238. The van der Waals surface area contributed by atoms with Crippen LogP contribution in [0.2, 0.25) is 0 Å². The number of hydrogen-bond donors (Lipinski definition) is 2. The molecule has 0 aliphatic carbocycles. The van der Waals surface area contributed by atoms with Gasteiger partial charge in [-0.05, 0) is 36.1 Å². The number of amides is 1. The van der Waals surface area contributed by atoms with Gasteiger partial charge in [0, 0.05) is 24.3 Å². The van der Waals surface area contributed by atoms with E-state index in [4.69, 9.17) is 10.7 Å². The number of aliphatic hydroxyl groups is 1. The van der Waals surface area contributed by atoms with Crippen molar-refractivity contribution in [3.63, 3.8) is 0 Å². The summed E-state index contributed by atoms with van der Waals surface area (Å²) < 4.78 is 44.1. The molecule has 2 aromatic carbocycles. The van der Waals surface area contributed by atoms with Crippen molar-refractivity contribution in [2.75, 3.05) is 13.3 Å². The number of hydrogen-bond acceptors (Lipinski definition) is 4. The number of benzene rings is 2. The highest BCUT2D eigenvalue weighted by atomic mass is 19.1. The van der Waals surface area contributed by atoms with Crippen LogP contribution in [-0.2, 0) is 11.3 Å². The minimum atomic E-state index is -0.997. The summed E-state index contributed by atoms with van der Waals surface area (Å²) in [5.41, 5.74) is 6.42. The maximum Gasteiger partial charge on any atom is 0.249 e. The van der Waals surface area contributed by atoms with Crippen molar-refractivity contribution in [3.05, 3.63) is 77.8 Å². The standard InChI is InChI=1S/C27H33F3N4O2/c1-17(22(31)13-28)34(24(36)16-35)25(27(2,3)4)26-32-23(20-12-19(29)10-11-21(20)30)15-33(26)14-18-8-6-5-7-9-18/h5-12,15,17,22,25,35H,13-14,16,31H2,1-4H3/t17?,22-,25+/m1/s1. The molecule has 3 aromatic rings. The number of nitrogens with zero attached hydrogens (tertiary/aromatic N) is 3. The third kappa shape index (κ3) is 5.96. The highest BCUT2D eigenvalue weighted by molar-refractivity contribution is 5.78. The first-order valence-corrected chi connectivity index (χ1v) is 11.8. The molecule has 0 saturated carbocycles. The molecule has 9 heteroatoms. The van der Waals surface area contributed by atoms with Gasteiger partial charge in [0.15, 0.2) is 0 Å². The number of nitrogens with two attached hydrogens (primary N) is 1. The van der Waals surface area contributed by atoms with Gasteiger partial charge in [0.2, 0.25) is 5.91 Å². The zero-order chi connectivity index (χ0) is 26.6. The Morgan fingerprint density at radius 1 is 1.17 bits per heavy atom. The number of alkyl halides is 1. The van der Waals surface area contributed by atoms with Crippen molar-refractivity contribution in [1.29, 1.82) is 0 Å². The van der Waals surface area contributed by atoms with Crippen LogP contribution in [0.1, 0.15) is 45.1 Å². The van der Waals surface area contributed by atoms with Gasteiger partial charge in [-0.15, -0.1) is 0 Å². The van der Waals surface area contributed by atoms with Gasteiger partial charge in [0.1, 0.15) is 30.7 Å². The molecule has 0 aliphatic rings. The maximum absolute atomic E-state index is 14.7. The topological polar surface area (TPSA) is 84.4 Å². The predicted molar refractivity (Wildman–Crippen MR) is 133 cm³/mol. The number of rotatable bonds is 9. The second-order valence-corrected chi connectivity index (χ2v) is 10.0. The van der Waals surface area contributed by atoms with Crippen LogP contribution in [0.25, 0.3) is 11.3 Å². The molecule has 1 amide bonds. The molecule has 0 saturated heterocycles. The molecule has 0 bridgehead atoms. The van der Waals surface area contributed by atoms with Crippen molar-refractivity contribution in [1.82, 2.24) is 14.5 Å². The molecular formula is C27H33F3N4O2. The van der Waals surface area contributed by atoms with Crippen LogP contribution < -0.4 is 5.73 Å². The van der Waals surface area contributed by atoms with Crippen molar-refractivity contribution in [3.8, 4) is 11.3 Å². The van der Waals surface area contributed by atoms with Crippen LogP contribution in [0.15, 0.2) is 54.7 Å². The van der Waals surface area contributed by atoms with Crippen molar-refractivity contribution < 1.29 is 23.1 Å². The van der Waals surface area contributed by atoms with Crippen LogP contribution in [-0.4, -0.2) is 50.8 Å². The van der Waals surface area contributed by atoms with Crippen molar-refractivity contribution in [2.45, 2.75) is 52.4 Å². The summed E-state index contributed by atoms with van der Waals surface area (Å²) in [6.07, 6.45) is 1.61. The van der Waals surface area contributed by atoms with E-state index in [0.717, 1.165) is 23.8 Å². The summed E-state index contributed by atoms with van der Waals surface area (Å²) in [6.45, 7) is 5.92. The SMILES string of the molecule is CC([C@H](N)CF)N(C(=O)CO)[C@@H](c1nc(-c2cc(F)ccc2F)cn1Cc1ccccc1)C(C)(C)C. The lowest BCUT2D eigenvalue weighted by Gasteiger charge is -2.44. The Kier molecular flexibility index (Phi) is 8.58. The molecule has 1 unspecified atom stereocenters. The number of carbonyl (C=O) groups excluding carboxylic acids is 1. The number of imidazole rings is 1. The maximum atomic E-state index is 14.7. The fourth-order valence-electron chi connectivity index (χ4n) is 4.33. The Labute approximate surface area is 209 Å². The molecule has 0 aliphatic heterocycles. The summed E-state index contributed by atoms with van der Waals surface area (Å²) in [5.74, 6) is -1.52. The fourth-order valence-corrected chi connectivity index (χ4v) is 4.33. The minimum Gasteiger partial charge on any atom is -0.387 e. The van der Waals surface area contributed by atoms with Crippen LogP contribution in [0.3, 0.4) is 0 Å². The Morgan fingerprint density at radius 2 is 1.83 bits per heavy atom. The molecule has 3 N–H and O–H groups in total. The lowest BCUT2D eigenvalue weighted by Crippen LogP contribution is -2.55. The summed E-state index contributed by atoms with van der Waals surface area (Å²) in [7, 11) is 0. The average molecular weight is 503 g/mol. The van der Waals surface area contributed by atoms with Crippen LogP contribution >= 0.6 is 0 Å². The number of aliphatic hydroxyl groups excluding tert-OH is 1. The zero-order valence-corrected chi connectivity index (χ0v) is 21.0. The quantitative estimate of drug-likeness (QED) is 0.452. The molecule has 36 heavy (non-hydrogen) atoms. The monoisotopic (exact) mass is 502 g/mol. The van der Waals surface area contributed by atoms with Gasteiger partial charge < -0.3 is 20.3 Å². The molecule has 0 spiro atoms.